The number of hydrogen-bond donors (Lipinski definition) is 3. The van der Waals surface area contributed by atoms with Gasteiger partial charge in [-0.15, -0.1) is 0 Å². The molecule has 26 heavy (non-hydrogen) atoms. The standard InChI is InChI=1S/C18H28N4O4/c1-19-16-4-2-15(3-5-16)12-20-6-8-21(13-17(23)24)10-11-22(9-7-20)14-18(25)26/h2-5,19H,6-14H2,1H3,(H,23,24)(H,25,26). The van der Waals surface area contributed by atoms with E-state index in [1.54, 1.807) is 0 Å². The lowest BCUT2D eigenvalue weighted by atomic mass is 10.2. The van der Waals surface area contributed by atoms with E-state index in [1.807, 2.05) is 29.0 Å². The molecule has 8 nitrogen and oxygen atoms in total. The minimum atomic E-state index is -0.858. The quantitative estimate of drug-likeness (QED) is 0.637. The summed E-state index contributed by atoms with van der Waals surface area (Å²) in [6.45, 7) is 4.64. The number of rotatable bonds is 7. The molecule has 1 aromatic rings. The number of carboxylic acid groups (broad SMARTS) is 2. The van der Waals surface area contributed by atoms with E-state index in [9.17, 15) is 9.59 Å². The maximum absolute atomic E-state index is 11.1. The van der Waals surface area contributed by atoms with E-state index >= 15 is 0 Å². The van der Waals surface area contributed by atoms with Crippen LogP contribution in [0, 0.1) is 0 Å². The SMILES string of the molecule is CNc1ccc(CN2CCN(CC(=O)O)CCN(CC(=O)O)CC2)cc1. The molecule has 2 rings (SSSR count). The van der Waals surface area contributed by atoms with E-state index in [-0.39, 0.29) is 13.1 Å². The molecule has 0 radical (unpaired) electrons. The van der Waals surface area contributed by atoms with Crippen LogP contribution in [0.25, 0.3) is 0 Å². The summed E-state index contributed by atoms with van der Waals surface area (Å²) in [4.78, 5) is 28.2. The third kappa shape index (κ3) is 6.99. The highest BCUT2D eigenvalue weighted by molar-refractivity contribution is 5.69. The van der Waals surface area contributed by atoms with Gasteiger partial charge in [0.25, 0.3) is 0 Å². The Labute approximate surface area is 154 Å². The predicted octanol–water partition coefficient (Wildman–Crippen LogP) is 0.317. The minimum Gasteiger partial charge on any atom is -0.480 e. The second kappa shape index (κ2) is 10.1. The van der Waals surface area contributed by atoms with E-state index in [0.29, 0.717) is 26.2 Å². The van der Waals surface area contributed by atoms with Crippen LogP contribution >= 0.6 is 0 Å². The second-order valence-corrected chi connectivity index (χ2v) is 6.56. The summed E-state index contributed by atoms with van der Waals surface area (Å²) in [5.74, 6) is -1.72. The van der Waals surface area contributed by atoms with Crippen LogP contribution in [0.3, 0.4) is 0 Å². The van der Waals surface area contributed by atoms with Crippen LogP contribution in [0.1, 0.15) is 5.56 Å². The van der Waals surface area contributed by atoms with Gasteiger partial charge in [-0.3, -0.25) is 24.3 Å². The van der Waals surface area contributed by atoms with Crippen LogP contribution < -0.4 is 5.32 Å². The van der Waals surface area contributed by atoms with E-state index in [2.05, 4.69) is 22.3 Å². The normalized spacial score (nSPS) is 17.9. The molecule has 1 aliphatic rings. The van der Waals surface area contributed by atoms with Gasteiger partial charge in [-0.1, -0.05) is 12.1 Å². The summed E-state index contributed by atoms with van der Waals surface area (Å²) >= 11 is 0. The fourth-order valence-corrected chi connectivity index (χ4v) is 3.08. The van der Waals surface area contributed by atoms with Crippen molar-refractivity contribution in [3.05, 3.63) is 29.8 Å². The second-order valence-electron chi connectivity index (χ2n) is 6.56. The zero-order valence-corrected chi connectivity index (χ0v) is 15.2. The molecule has 1 aliphatic heterocycles. The molecule has 1 saturated heterocycles. The smallest absolute Gasteiger partial charge is 0.317 e. The first-order valence-electron chi connectivity index (χ1n) is 8.83. The van der Waals surface area contributed by atoms with Crippen molar-refractivity contribution in [3.8, 4) is 0 Å². The van der Waals surface area contributed by atoms with Gasteiger partial charge in [-0.05, 0) is 17.7 Å². The molecule has 0 aliphatic carbocycles. The summed E-state index contributed by atoms with van der Waals surface area (Å²) in [6, 6.07) is 8.20. The first-order chi connectivity index (χ1) is 12.5. The van der Waals surface area contributed by atoms with Crippen LogP contribution in [0.4, 0.5) is 5.69 Å². The zero-order valence-electron chi connectivity index (χ0n) is 15.2. The van der Waals surface area contributed by atoms with Crippen molar-refractivity contribution in [1.82, 2.24) is 14.7 Å². The predicted molar refractivity (Wildman–Crippen MR) is 99.4 cm³/mol. The first-order valence-corrected chi connectivity index (χ1v) is 8.83. The number of aliphatic carboxylic acids is 2. The zero-order chi connectivity index (χ0) is 18.9. The summed E-state index contributed by atoms with van der Waals surface area (Å²) in [5, 5.41) is 21.3. The fourth-order valence-electron chi connectivity index (χ4n) is 3.08. The summed E-state index contributed by atoms with van der Waals surface area (Å²) in [5.41, 5.74) is 2.23. The Balaban J connectivity index is 2.03. The Morgan fingerprint density at radius 1 is 0.846 bits per heavy atom. The molecular weight excluding hydrogens is 336 g/mol. The molecule has 0 saturated carbocycles. The maximum Gasteiger partial charge on any atom is 0.317 e. The Hall–Kier alpha value is -2.16. The van der Waals surface area contributed by atoms with Gasteiger partial charge >= 0.3 is 11.9 Å². The topological polar surface area (TPSA) is 96.4 Å². The van der Waals surface area contributed by atoms with Crippen molar-refractivity contribution < 1.29 is 19.8 Å². The van der Waals surface area contributed by atoms with Crippen molar-refractivity contribution >= 4 is 17.6 Å². The molecule has 0 amide bonds. The molecule has 0 atom stereocenters. The molecular formula is C18H28N4O4. The van der Waals surface area contributed by atoms with Crippen molar-refractivity contribution in [2.45, 2.75) is 6.54 Å². The fraction of sp³-hybridized carbons (Fsp3) is 0.556. The molecule has 0 bridgehead atoms. The molecule has 0 aromatic heterocycles. The monoisotopic (exact) mass is 364 g/mol. The highest BCUT2D eigenvalue weighted by atomic mass is 16.4. The summed E-state index contributed by atoms with van der Waals surface area (Å²) in [7, 11) is 1.88. The Bertz CT molecular complexity index is 565. The number of hydrogen-bond acceptors (Lipinski definition) is 6. The Morgan fingerprint density at radius 3 is 1.65 bits per heavy atom. The third-order valence-electron chi connectivity index (χ3n) is 4.56. The molecule has 1 heterocycles. The largest absolute Gasteiger partial charge is 0.480 e. The Kier molecular flexibility index (Phi) is 7.83. The van der Waals surface area contributed by atoms with E-state index < -0.39 is 11.9 Å². The van der Waals surface area contributed by atoms with Gasteiger partial charge < -0.3 is 15.5 Å². The average Bonchev–Trinajstić information content (AvgIpc) is 2.68. The van der Waals surface area contributed by atoms with Gasteiger partial charge in [0, 0.05) is 58.5 Å². The molecule has 1 fully saturated rings. The maximum atomic E-state index is 11.1. The Morgan fingerprint density at radius 2 is 1.27 bits per heavy atom. The van der Waals surface area contributed by atoms with Crippen LogP contribution in [0.15, 0.2) is 24.3 Å². The lowest BCUT2D eigenvalue weighted by Gasteiger charge is -2.25. The molecule has 8 heteroatoms. The van der Waals surface area contributed by atoms with Crippen molar-refractivity contribution in [3.63, 3.8) is 0 Å². The minimum absolute atomic E-state index is 0.0222. The lowest BCUT2D eigenvalue weighted by molar-refractivity contribution is -0.140. The van der Waals surface area contributed by atoms with E-state index in [1.165, 1.54) is 5.56 Å². The lowest BCUT2D eigenvalue weighted by Crippen LogP contribution is -2.40. The number of nitrogens with one attached hydrogen (secondary N) is 1. The summed E-state index contributed by atoms with van der Waals surface area (Å²) in [6.07, 6.45) is 0. The number of carbonyl (C=O) groups is 2. The van der Waals surface area contributed by atoms with Crippen LogP contribution in [0.5, 0.6) is 0 Å². The molecule has 0 spiro atoms. The van der Waals surface area contributed by atoms with Crippen molar-refractivity contribution in [2.24, 2.45) is 0 Å². The van der Waals surface area contributed by atoms with Crippen LogP contribution in [-0.4, -0.2) is 96.3 Å². The summed E-state index contributed by atoms with van der Waals surface area (Å²) < 4.78 is 0. The van der Waals surface area contributed by atoms with Crippen molar-refractivity contribution in [1.29, 1.82) is 0 Å². The number of carboxylic acids is 2. The third-order valence-corrected chi connectivity index (χ3v) is 4.56. The molecule has 0 unspecified atom stereocenters. The van der Waals surface area contributed by atoms with Gasteiger partial charge in [-0.2, -0.15) is 0 Å². The van der Waals surface area contributed by atoms with Crippen LogP contribution in [-0.2, 0) is 16.1 Å². The molecule has 144 valence electrons. The van der Waals surface area contributed by atoms with Gasteiger partial charge in [-0.25, -0.2) is 0 Å². The molecule has 3 N–H and O–H groups in total. The highest BCUT2D eigenvalue weighted by Gasteiger charge is 2.19. The van der Waals surface area contributed by atoms with Gasteiger partial charge in [0.05, 0.1) is 13.1 Å². The number of nitrogens with zero attached hydrogens (tertiary/aromatic N) is 3. The van der Waals surface area contributed by atoms with Gasteiger partial charge in [0.2, 0.25) is 0 Å². The van der Waals surface area contributed by atoms with E-state index in [4.69, 9.17) is 10.2 Å². The molecule has 1 aromatic carbocycles. The highest BCUT2D eigenvalue weighted by Crippen LogP contribution is 2.11. The first kappa shape index (κ1) is 20.2. The number of anilines is 1. The van der Waals surface area contributed by atoms with E-state index in [0.717, 1.165) is 25.3 Å². The van der Waals surface area contributed by atoms with Gasteiger partial charge in [0.15, 0.2) is 0 Å². The number of benzene rings is 1. The average molecular weight is 364 g/mol. The van der Waals surface area contributed by atoms with Gasteiger partial charge in [0.1, 0.15) is 0 Å². The van der Waals surface area contributed by atoms with Crippen molar-refractivity contribution in [2.75, 3.05) is 64.7 Å². The van der Waals surface area contributed by atoms with Crippen LogP contribution in [0.2, 0.25) is 0 Å².